The minimum atomic E-state index is -0.560. The average molecular weight is 358 g/mol. The smallest absolute Gasteiger partial charge is 0.303 e. The molecule has 0 fully saturated rings. The fourth-order valence-electron chi connectivity index (χ4n) is 0.643. The number of ether oxygens (including phenoxy) is 4. The predicted molar refractivity (Wildman–Crippen MR) is 88.5 cm³/mol. The van der Waals surface area contributed by atoms with Gasteiger partial charge in [0.1, 0.15) is 12.7 Å². The number of carbonyl (C=O) groups excluding carboxylic acids is 2. The number of aliphatic hydroxyl groups excluding tert-OH is 3. The van der Waals surface area contributed by atoms with Crippen LogP contribution < -0.4 is 0 Å². The lowest BCUT2D eigenvalue weighted by Gasteiger charge is -2.10. The van der Waals surface area contributed by atoms with Crippen LogP contribution in [0.2, 0.25) is 0 Å². The van der Waals surface area contributed by atoms with Gasteiger partial charge in [0.25, 0.3) is 0 Å². The van der Waals surface area contributed by atoms with Crippen LogP contribution in [0.3, 0.4) is 0 Å². The second kappa shape index (κ2) is 26.6. The summed E-state index contributed by atoms with van der Waals surface area (Å²) in [6.45, 7) is 6.35. The van der Waals surface area contributed by atoms with Crippen molar-refractivity contribution in [2.75, 3.05) is 47.8 Å². The second-order valence-corrected chi connectivity index (χ2v) is 4.38. The Kier molecular flexibility index (Phi) is 34.0. The Morgan fingerprint density at radius 2 is 1.42 bits per heavy atom. The van der Waals surface area contributed by atoms with Gasteiger partial charge in [-0.05, 0) is 13.8 Å². The molecule has 0 amide bonds. The van der Waals surface area contributed by atoms with E-state index in [1.807, 2.05) is 0 Å². The van der Waals surface area contributed by atoms with Gasteiger partial charge in [0.2, 0.25) is 0 Å². The van der Waals surface area contributed by atoms with Gasteiger partial charge in [-0.3, -0.25) is 9.59 Å². The van der Waals surface area contributed by atoms with Gasteiger partial charge in [0.05, 0.1) is 25.9 Å². The Morgan fingerprint density at radius 1 is 1.00 bits per heavy atom. The zero-order valence-electron chi connectivity index (χ0n) is 15.8. The van der Waals surface area contributed by atoms with Crippen LogP contribution in [0.4, 0.5) is 0 Å². The Balaban J connectivity index is -0.000000129. The number of methoxy groups -OCH3 is 2. The van der Waals surface area contributed by atoms with Crippen LogP contribution in [0.15, 0.2) is 0 Å². The summed E-state index contributed by atoms with van der Waals surface area (Å²) in [5, 5.41) is 23.9. The van der Waals surface area contributed by atoms with Crippen molar-refractivity contribution in [1.29, 1.82) is 0 Å². The van der Waals surface area contributed by atoms with Gasteiger partial charge in [-0.1, -0.05) is 0 Å². The Labute approximate surface area is 144 Å². The molecule has 0 aliphatic carbocycles. The fraction of sp³-hybridized carbons (Fsp3) is 0.867. The summed E-state index contributed by atoms with van der Waals surface area (Å²) >= 11 is 0. The van der Waals surface area contributed by atoms with Crippen LogP contribution in [-0.4, -0.2) is 87.2 Å². The van der Waals surface area contributed by atoms with Crippen molar-refractivity contribution in [2.45, 2.75) is 39.9 Å². The van der Waals surface area contributed by atoms with E-state index < -0.39 is 6.10 Å². The van der Waals surface area contributed by atoms with Crippen LogP contribution in [0.25, 0.3) is 0 Å². The molecule has 0 aromatic rings. The van der Waals surface area contributed by atoms with Crippen molar-refractivity contribution in [3.63, 3.8) is 0 Å². The maximum atomic E-state index is 10.3. The van der Waals surface area contributed by atoms with E-state index in [-0.39, 0.29) is 37.9 Å². The lowest BCUT2D eigenvalue weighted by atomic mass is 10.4. The molecule has 148 valence electrons. The molecule has 2 unspecified atom stereocenters. The Hall–Kier alpha value is -1.26. The van der Waals surface area contributed by atoms with Crippen molar-refractivity contribution in [2.24, 2.45) is 0 Å². The van der Waals surface area contributed by atoms with Crippen molar-refractivity contribution in [3.05, 3.63) is 0 Å². The van der Waals surface area contributed by atoms with Crippen LogP contribution in [0.5, 0.6) is 0 Å². The van der Waals surface area contributed by atoms with Crippen LogP contribution in [0.1, 0.15) is 27.7 Å². The second-order valence-electron chi connectivity index (χ2n) is 4.38. The van der Waals surface area contributed by atoms with Gasteiger partial charge in [0, 0.05) is 35.2 Å². The van der Waals surface area contributed by atoms with Gasteiger partial charge < -0.3 is 34.3 Å². The maximum absolute atomic E-state index is 10.3. The van der Waals surface area contributed by atoms with E-state index in [1.165, 1.54) is 20.8 Å². The third kappa shape index (κ3) is 58.6. The minimum absolute atomic E-state index is 0.120. The highest BCUT2D eigenvalue weighted by molar-refractivity contribution is 5.67. The number of rotatable bonds is 6. The van der Waals surface area contributed by atoms with Crippen molar-refractivity contribution in [1.82, 2.24) is 0 Å². The molecule has 9 heteroatoms. The first-order valence-electron chi connectivity index (χ1n) is 7.22. The first-order chi connectivity index (χ1) is 11.1. The molecule has 0 spiro atoms. The first kappa shape index (κ1) is 30.6. The molecule has 0 rings (SSSR count). The largest absolute Gasteiger partial charge is 0.462 e. The molecule has 2 atom stereocenters. The van der Waals surface area contributed by atoms with E-state index in [2.05, 4.69) is 18.9 Å². The molecule has 0 radical (unpaired) electrons. The van der Waals surface area contributed by atoms with Crippen LogP contribution >= 0.6 is 0 Å². The van der Waals surface area contributed by atoms with Gasteiger partial charge in [-0.25, -0.2) is 0 Å². The number of hydrogen-bond donors (Lipinski definition) is 3. The Morgan fingerprint density at radius 3 is 1.58 bits per heavy atom. The monoisotopic (exact) mass is 358 g/mol. The molecule has 24 heavy (non-hydrogen) atoms. The van der Waals surface area contributed by atoms with E-state index in [9.17, 15) is 9.59 Å². The van der Waals surface area contributed by atoms with E-state index in [0.717, 1.165) is 0 Å². The van der Waals surface area contributed by atoms with E-state index in [0.29, 0.717) is 6.61 Å². The molecular weight excluding hydrogens is 324 g/mol. The highest BCUT2D eigenvalue weighted by Crippen LogP contribution is 1.92. The standard InChI is InChI=1S/C7H12O4.2C3H8O2.C2H6O/c1-5(11-7(3)9)4-10-6(2)8;1-5-3-2-4;1-3(5)2-4;1-3-2/h5H,4H2,1-3H3;4H,2-3H2,1H3;3-5H,2H2,1H3;1-2H3. The normalized spacial score (nSPS) is 11.1. The minimum Gasteiger partial charge on any atom is -0.462 e. The molecule has 0 saturated heterocycles. The summed E-state index contributed by atoms with van der Waals surface area (Å²) in [4.78, 5) is 20.6. The number of hydrogen-bond acceptors (Lipinski definition) is 9. The zero-order valence-corrected chi connectivity index (χ0v) is 15.8. The SMILES string of the molecule is CC(=O)OCC(C)OC(C)=O.CC(O)CO.COC.COCCO. The lowest BCUT2D eigenvalue weighted by molar-refractivity contribution is -0.155. The molecule has 3 N–H and O–H groups in total. The number of carbonyl (C=O) groups is 2. The van der Waals surface area contributed by atoms with Gasteiger partial charge in [-0.2, -0.15) is 0 Å². The topological polar surface area (TPSA) is 132 Å². The maximum Gasteiger partial charge on any atom is 0.303 e. The molecule has 0 saturated carbocycles. The van der Waals surface area contributed by atoms with E-state index >= 15 is 0 Å². The predicted octanol–water partition coefficient (Wildman–Crippen LogP) is -0.252. The third-order valence-corrected chi connectivity index (χ3v) is 1.45. The summed E-state index contributed by atoms with van der Waals surface area (Å²) < 4.78 is 18.0. The molecule has 0 bridgehead atoms. The lowest BCUT2D eigenvalue weighted by Crippen LogP contribution is -2.19. The average Bonchev–Trinajstić information content (AvgIpc) is 2.47. The third-order valence-electron chi connectivity index (χ3n) is 1.45. The summed E-state index contributed by atoms with van der Waals surface area (Å²) in [5.74, 6) is -0.742. The van der Waals surface area contributed by atoms with Gasteiger partial charge >= 0.3 is 11.9 Å². The van der Waals surface area contributed by atoms with Crippen molar-refractivity contribution in [3.8, 4) is 0 Å². The summed E-state index contributed by atoms with van der Waals surface area (Å²) in [5.41, 5.74) is 0. The van der Waals surface area contributed by atoms with Gasteiger partial charge in [0.15, 0.2) is 0 Å². The zero-order chi connectivity index (χ0) is 20.0. The first-order valence-corrected chi connectivity index (χ1v) is 7.22. The molecule has 0 aromatic heterocycles. The molecule has 9 nitrogen and oxygen atoms in total. The van der Waals surface area contributed by atoms with Crippen LogP contribution in [-0.2, 0) is 28.5 Å². The highest BCUT2D eigenvalue weighted by Gasteiger charge is 2.06. The quantitative estimate of drug-likeness (QED) is 0.550. The Bertz CT molecular complexity index is 255. The summed E-state index contributed by atoms with van der Waals surface area (Å²) in [6.07, 6.45) is -0.925. The molecular formula is C15H34O9. The fourth-order valence-corrected chi connectivity index (χ4v) is 0.643. The molecule has 0 aliphatic rings. The van der Waals surface area contributed by atoms with E-state index in [1.54, 1.807) is 28.3 Å². The molecule has 0 heterocycles. The van der Waals surface area contributed by atoms with Crippen molar-refractivity contribution < 1.29 is 43.9 Å². The van der Waals surface area contributed by atoms with E-state index in [4.69, 9.17) is 15.3 Å². The van der Waals surface area contributed by atoms with Crippen molar-refractivity contribution >= 4 is 11.9 Å². The van der Waals surface area contributed by atoms with Crippen LogP contribution in [0, 0.1) is 0 Å². The highest BCUT2D eigenvalue weighted by atomic mass is 16.6. The number of aliphatic hydroxyl groups is 3. The number of esters is 2. The summed E-state index contributed by atoms with van der Waals surface area (Å²) in [6, 6.07) is 0. The summed E-state index contributed by atoms with van der Waals surface area (Å²) in [7, 11) is 4.80. The molecule has 0 aliphatic heterocycles. The molecule has 0 aromatic carbocycles. The van der Waals surface area contributed by atoms with Gasteiger partial charge in [-0.15, -0.1) is 0 Å².